The molecule has 1 atom stereocenters. The summed E-state index contributed by atoms with van der Waals surface area (Å²) in [4.78, 5) is 10.9. The second kappa shape index (κ2) is 8.69. The highest BCUT2D eigenvalue weighted by molar-refractivity contribution is 5.49. The molecule has 1 rings (SSSR count). The molecule has 0 radical (unpaired) electrons. The molecule has 1 heterocycles. The van der Waals surface area contributed by atoms with Crippen molar-refractivity contribution in [3.8, 4) is 0 Å². The van der Waals surface area contributed by atoms with Gasteiger partial charge in [-0.3, -0.25) is 0 Å². The van der Waals surface area contributed by atoms with Gasteiger partial charge in [0, 0.05) is 32.3 Å². The van der Waals surface area contributed by atoms with Crippen LogP contribution in [0, 0.1) is 0 Å². The molecule has 0 aliphatic rings. The smallest absolute Gasteiger partial charge is 0.134 e. The van der Waals surface area contributed by atoms with E-state index in [0.29, 0.717) is 12.6 Å². The highest BCUT2D eigenvalue weighted by Crippen LogP contribution is 2.18. The van der Waals surface area contributed by atoms with Crippen LogP contribution in [0.5, 0.6) is 0 Å². The van der Waals surface area contributed by atoms with Crippen molar-refractivity contribution in [1.29, 1.82) is 0 Å². The van der Waals surface area contributed by atoms with Crippen molar-refractivity contribution in [2.24, 2.45) is 0 Å². The molecule has 1 N–H and O–H groups in total. The summed E-state index contributed by atoms with van der Waals surface area (Å²) >= 11 is 0. The molecule has 19 heavy (non-hydrogen) atoms. The van der Waals surface area contributed by atoms with Crippen LogP contribution >= 0.6 is 0 Å². The standard InChI is InChI=1S/C14H26N4O/c1-5-7-15-13-10-14(17-11-16-13)18(8-9-19-4)12(3)6-2/h10-12H,5-9H2,1-4H3,(H,15,16,17). The van der Waals surface area contributed by atoms with Gasteiger partial charge in [-0.15, -0.1) is 0 Å². The molecule has 0 amide bonds. The van der Waals surface area contributed by atoms with Crippen LogP contribution in [0.25, 0.3) is 0 Å². The topological polar surface area (TPSA) is 50.3 Å². The van der Waals surface area contributed by atoms with Crippen molar-refractivity contribution >= 4 is 11.6 Å². The molecule has 5 heteroatoms. The first-order valence-corrected chi connectivity index (χ1v) is 7.04. The molecular weight excluding hydrogens is 240 g/mol. The number of ether oxygens (including phenoxy) is 1. The minimum atomic E-state index is 0.434. The number of nitrogens with one attached hydrogen (secondary N) is 1. The molecule has 0 bridgehead atoms. The molecule has 0 aromatic carbocycles. The normalized spacial score (nSPS) is 12.2. The Hall–Kier alpha value is -1.36. The number of anilines is 2. The molecule has 0 saturated heterocycles. The maximum Gasteiger partial charge on any atom is 0.134 e. The zero-order chi connectivity index (χ0) is 14.1. The molecule has 1 unspecified atom stereocenters. The Morgan fingerprint density at radius 2 is 2.16 bits per heavy atom. The van der Waals surface area contributed by atoms with Gasteiger partial charge in [-0.05, 0) is 19.8 Å². The molecule has 0 aliphatic heterocycles. The van der Waals surface area contributed by atoms with Crippen molar-refractivity contribution < 1.29 is 4.74 Å². The van der Waals surface area contributed by atoms with E-state index in [-0.39, 0.29) is 0 Å². The summed E-state index contributed by atoms with van der Waals surface area (Å²) in [6.45, 7) is 9.00. The van der Waals surface area contributed by atoms with Gasteiger partial charge in [0.05, 0.1) is 6.61 Å². The van der Waals surface area contributed by atoms with Crippen LogP contribution in [-0.2, 0) is 4.74 Å². The Morgan fingerprint density at radius 3 is 2.79 bits per heavy atom. The van der Waals surface area contributed by atoms with Crippen LogP contribution in [0.2, 0.25) is 0 Å². The monoisotopic (exact) mass is 266 g/mol. The lowest BCUT2D eigenvalue weighted by Gasteiger charge is -2.29. The van der Waals surface area contributed by atoms with Crippen LogP contribution in [0.15, 0.2) is 12.4 Å². The Kier molecular flexibility index (Phi) is 7.18. The molecule has 0 aliphatic carbocycles. The first kappa shape index (κ1) is 15.7. The summed E-state index contributed by atoms with van der Waals surface area (Å²) in [5, 5.41) is 3.29. The van der Waals surface area contributed by atoms with E-state index in [9.17, 15) is 0 Å². The van der Waals surface area contributed by atoms with E-state index in [2.05, 4.69) is 41.0 Å². The highest BCUT2D eigenvalue weighted by Gasteiger charge is 2.14. The lowest BCUT2D eigenvalue weighted by Crippen LogP contribution is -2.36. The number of hydrogen-bond donors (Lipinski definition) is 1. The van der Waals surface area contributed by atoms with Crippen molar-refractivity contribution in [2.45, 2.75) is 39.7 Å². The predicted molar refractivity (Wildman–Crippen MR) is 79.8 cm³/mol. The summed E-state index contributed by atoms with van der Waals surface area (Å²) in [6.07, 6.45) is 3.78. The van der Waals surface area contributed by atoms with E-state index in [1.54, 1.807) is 13.4 Å². The molecule has 1 aromatic heterocycles. The quantitative estimate of drug-likeness (QED) is 0.744. The second-order valence-corrected chi connectivity index (χ2v) is 4.63. The average molecular weight is 266 g/mol. The van der Waals surface area contributed by atoms with E-state index in [0.717, 1.165) is 37.6 Å². The molecule has 0 fully saturated rings. The lowest BCUT2D eigenvalue weighted by atomic mass is 10.2. The summed E-state index contributed by atoms with van der Waals surface area (Å²) in [7, 11) is 1.73. The maximum atomic E-state index is 5.18. The third kappa shape index (κ3) is 5.03. The van der Waals surface area contributed by atoms with Gasteiger partial charge in [0.25, 0.3) is 0 Å². The minimum absolute atomic E-state index is 0.434. The second-order valence-electron chi connectivity index (χ2n) is 4.63. The average Bonchev–Trinajstić information content (AvgIpc) is 2.45. The van der Waals surface area contributed by atoms with E-state index >= 15 is 0 Å². The largest absolute Gasteiger partial charge is 0.383 e. The van der Waals surface area contributed by atoms with Crippen molar-refractivity contribution in [1.82, 2.24) is 9.97 Å². The van der Waals surface area contributed by atoms with E-state index in [1.807, 2.05) is 6.07 Å². The Bertz CT molecular complexity index is 359. The van der Waals surface area contributed by atoms with Gasteiger partial charge in [0.2, 0.25) is 0 Å². The van der Waals surface area contributed by atoms with Crippen LogP contribution < -0.4 is 10.2 Å². The maximum absolute atomic E-state index is 5.18. The third-order valence-electron chi connectivity index (χ3n) is 3.16. The lowest BCUT2D eigenvalue weighted by molar-refractivity contribution is 0.203. The van der Waals surface area contributed by atoms with Crippen molar-refractivity contribution in [2.75, 3.05) is 37.0 Å². The SMILES string of the molecule is CCCNc1cc(N(CCOC)C(C)CC)ncn1. The highest BCUT2D eigenvalue weighted by atomic mass is 16.5. The van der Waals surface area contributed by atoms with Gasteiger partial charge in [0.15, 0.2) is 0 Å². The van der Waals surface area contributed by atoms with E-state index in [4.69, 9.17) is 4.74 Å². The van der Waals surface area contributed by atoms with E-state index in [1.165, 1.54) is 0 Å². The van der Waals surface area contributed by atoms with Gasteiger partial charge < -0.3 is 15.0 Å². The number of rotatable bonds is 9. The third-order valence-corrected chi connectivity index (χ3v) is 3.16. The molecule has 108 valence electrons. The van der Waals surface area contributed by atoms with Crippen LogP contribution in [-0.4, -0.2) is 42.8 Å². The fraction of sp³-hybridized carbons (Fsp3) is 0.714. The summed E-state index contributed by atoms with van der Waals surface area (Å²) in [5.41, 5.74) is 0. The minimum Gasteiger partial charge on any atom is -0.383 e. The Labute approximate surface area is 116 Å². The van der Waals surface area contributed by atoms with Crippen LogP contribution in [0.3, 0.4) is 0 Å². The van der Waals surface area contributed by atoms with E-state index < -0.39 is 0 Å². The zero-order valence-corrected chi connectivity index (χ0v) is 12.5. The van der Waals surface area contributed by atoms with Crippen molar-refractivity contribution in [3.63, 3.8) is 0 Å². The molecule has 5 nitrogen and oxygen atoms in total. The van der Waals surface area contributed by atoms with Gasteiger partial charge in [0.1, 0.15) is 18.0 Å². The summed E-state index contributed by atoms with van der Waals surface area (Å²) in [5.74, 6) is 1.84. The molecule has 1 aromatic rings. The van der Waals surface area contributed by atoms with Gasteiger partial charge in [-0.2, -0.15) is 0 Å². The summed E-state index contributed by atoms with van der Waals surface area (Å²) < 4.78 is 5.18. The fourth-order valence-electron chi connectivity index (χ4n) is 1.82. The predicted octanol–water partition coefficient (Wildman–Crippen LogP) is 2.55. The first-order valence-electron chi connectivity index (χ1n) is 7.04. The van der Waals surface area contributed by atoms with Crippen molar-refractivity contribution in [3.05, 3.63) is 12.4 Å². The molecule has 0 saturated carbocycles. The fourth-order valence-corrected chi connectivity index (χ4v) is 1.82. The van der Waals surface area contributed by atoms with Gasteiger partial charge in [-0.1, -0.05) is 13.8 Å². The number of hydrogen-bond acceptors (Lipinski definition) is 5. The summed E-state index contributed by atoms with van der Waals surface area (Å²) in [6, 6.07) is 2.45. The Morgan fingerprint density at radius 1 is 1.37 bits per heavy atom. The first-order chi connectivity index (χ1) is 9.22. The Balaban J connectivity index is 2.81. The van der Waals surface area contributed by atoms with Crippen LogP contribution in [0.4, 0.5) is 11.6 Å². The number of aromatic nitrogens is 2. The molecule has 0 spiro atoms. The van der Waals surface area contributed by atoms with Gasteiger partial charge in [-0.25, -0.2) is 9.97 Å². The zero-order valence-electron chi connectivity index (χ0n) is 12.5. The van der Waals surface area contributed by atoms with Crippen LogP contribution in [0.1, 0.15) is 33.6 Å². The number of nitrogens with zero attached hydrogens (tertiary/aromatic N) is 3. The molecular formula is C14H26N4O. The van der Waals surface area contributed by atoms with Gasteiger partial charge >= 0.3 is 0 Å². The number of methoxy groups -OCH3 is 1.